The van der Waals surface area contributed by atoms with Gasteiger partial charge in [-0.1, -0.05) is 127 Å². The van der Waals surface area contributed by atoms with Gasteiger partial charge in [0.1, 0.15) is 0 Å². The van der Waals surface area contributed by atoms with Crippen LogP contribution in [0.2, 0.25) is 5.02 Å². The Morgan fingerprint density at radius 2 is 1.14 bits per heavy atom. The first-order chi connectivity index (χ1) is 14.2. The molecule has 0 aliphatic heterocycles. The number of benzene rings is 1. The molecule has 29 heavy (non-hydrogen) atoms. The molecule has 1 aromatic carbocycles. The minimum atomic E-state index is 0.0216. The molecule has 1 N–H and O–H groups in total. The summed E-state index contributed by atoms with van der Waals surface area (Å²) in [7, 11) is 0. The zero-order valence-corrected chi connectivity index (χ0v) is 20.1. The molecule has 0 radical (unpaired) electrons. The highest BCUT2D eigenvalue weighted by atomic mass is 35.5. The van der Waals surface area contributed by atoms with Crippen molar-refractivity contribution in [2.75, 3.05) is 11.1 Å². The maximum atomic E-state index is 11.9. The Morgan fingerprint density at radius 3 is 1.59 bits per heavy atom. The number of nitrogens with one attached hydrogen (secondary N) is 1. The summed E-state index contributed by atoms with van der Waals surface area (Å²) < 4.78 is 0. The average molecular weight is 440 g/mol. The van der Waals surface area contributed by atoms with E-state index in [1.807, 2.05) is 12.1 Å². The van der Waals surface area contributed by atoms with E-state index >= 15 is 0 Å². The molecule has 1 aromatic rings. The van der Waals surface area contributed by atoms with E-state index in [9.17, 15) is 4.79 Å². The molecular weight excluding hydrogens is 398 g/mol. The third-order valence-corrected chi connectivity index (χ3v) is 6.43. The zero-order valence-electron chi connectivity index (χ0n) is 18.5. The lowest BCUT2D eigenvalue weighted by Gasteiger charge is -2.05. The summed E-state index contributed by atoms with van der Waals surface area (Å²) >= 11 is 7.22. The largest absolute Gasteiger partial charge is 0.317 e. The molecule has 0 aliphatic rings. The number of carbonyl (C=O) groups excluding carboxylic acids is 1. The van der Waals surface area contributed by atoms with E-state index in [0.29, 0.717) is 5.02 Å². The molecule has 0 fully saturated rings. The fourth-order valence-corrected chi connectivity index (χ4v) is 4.35. The lowest BCUT2D eigenvalue weighted by molar-refractivity contribution is 0.269. The summed E-state index contributed by atoms with van der Waals surface area (Å²) in [5.41, 5.74) is 0.805. The van der Waals surface area contributed by atoms with Crippen LogP contribution in [0.4, 0.5) is 10.5 Å². The summed E-state index contributed by atoms with van der Waals surface area (Å²) in [4.78, 5) is 11.9. The molecule has 2 nitrogen and oxygen atoms in total. The van der Waals surface area contributed by atoms with Crippen LogP contribution in [0.25, 0.3) is 0 Å². The standard InChI is InChI=1S/C25H42ClNOS/c1-2-3-4-5-6-7-8-9-10-11-12-13-14-15-16-17-22-29-25(28)27-24-20-18-23(26)19-21-24/h18-21H,2-17,22H2,1H3,(H,27,28). The molecule has 0 saturated heterocycles. The van der Waals surface area contributed by atoms with Crippen LogP contribution in [0, 0.1) is 0 Å². The van der Waals surface area contributed by atoms with Gasteiger partial charge in [-0.2, -0.15) is 0 Å². The Bertz CT molecular complexity index is 506. The van der Waals surface area contributed by atoms with E-state index in [4.69, 9.17) is 11.6 Å². The number of carbonyl (C=O) groups is 1. The first kappa shape index (κ1) is 26.4. The monoisotopic (exact) mass is 439 g/mol. The van der Waals surface area contributed by atoms with Crippen LogP contribution in [0.1, 0.15) is 110 Å². The van der Waals surface area contributed by atoms with E-state index in [2.05, 4.69) is 12.2 Å². The Hall–Kier alpha value is -0.670. The highest BCUT2D eigenvalue weighted by Gasteiger charge is 2.03. The Kier molecular flexibility index (Phi) is 17.5. The van der Waals surface area contributed by atoms with Crippen LogP contribution in [-0.4, -0.2) is 11.0 Å². The summed E-state index contributed by atoms with van der Waals surface area (Å²) in [5, 5.41) is 3.59. The highest BCUT2D eigenvalue weighted by Crippen LogP contribution is 2.17. The van der Waals surface area contributed by atoms with Crippen molar-refractivity contribution in [2.24, 2.45) is 0 Å². The van der Waals surface area contributed by atoms with E-state index in [1.165, 1.54) is 108 Å². The topological polar surface area (TPSA) is 29.1 Å². The third kappa shape index (κ3) is 16.8. The Labute approximate surface area is 189 Å². The molecule has 0 spiro atoms. The van der Waals surface area contributed by atoms with Gasteiger partial charge in [0.15, 0.2) is 0 Å². The molecule has 0 unspecified atom stereocenters. The van der Waals surface area contributed by atoms with Gasteiger partial charge in [0.2, 0.25) is 0 Å². The van der Waals surface area contributed by atoms with Crippen LogP contribution in [-0.2, 0) is 0 Å². The van der Waals surface area contributed by atoms with Gasteiger partial charge in [0.25, 0.3) is 5.24 Å². The van der Waals surface area contributed by atoms with E-state index in [1.54, 1.807) is 12.1 Å². The van der Waals surface area contributed by atoms with Gasteiger partial charge in [0, 0.05) is 16.5 Å². The van der Waals surface area contributed by atoms with Crippen molar-refractivity contribution < 1.29 is 4.79 Å². The van der Waals surface area contributed by atoms with E-state index in [0.717, 1.165) is 17.9 Å². The second-order valence-electron chi connectivity index (χ2n) is 8.07. The second kappa shape index (κ2) is 19.3. The lowest BCUT2D eigenvalue weighted by Crippen LogP contribution is -2.05. The molecule has 0 aliphatic carbocycles. The molecular formula is C25H42ClNOS. The number of amides is 1. The molecule has 0 aromatic heterocycles. The van der Waals surface area contributed by atoms with Crippen LogP contribution in [0.5, 0.6) is 0 Å². The van der Waals surface area contributed by atoms with Crippen molar-refractivity contribution >= 4 is 34.3 Å². The van der Waals surface area contributed by atoms with Crippen molar-refractivity contribution in [1.82, 2.24) is 0 Å². The molecule has 0 saturated carbocycles. The van der Waals surface area contributed by atoms with Crippen LogP contribution in [0.3, 0.4) is 0 Å². The maximum absolute atomic E-state index is 11.9. The normalized spacial score (nSPS) is 11.0. The van der Waals surface area contributed by atoms with Crippen molar-refractivity contribution in [3.05, 3.63) is 29.3 Å². The molecule has 0 bridgehead atoms. The van der Waals surface area contributed by atoms with Gasteiger partial charge in [0.05, 0.1) is 0 Å². The zero-order chi connectivity index (χ0) is 21.0. The second-order valence-corrected chi connectivity index (χ2v) is 9.58. The van der Waals surface area contributed by atoms with Crippen molar-refractivity contribution in [3.63, 3.8) is 0 Å². The van der Waals surface area contributed by atoms with Gasteiger partial charge in [-0.05, 0) is 30.7 Å². The first-order valence-electron chi connectivity index (χ1n) is 11.9. The predicted molar refractivity (Wildman–Crippen MR) is 132 cm³/mol. The minimum Gasteiger partial charge on any atom is -0.317 e. The van der Waals surface area contributed by atoms with Crippen molar-refractivity contribution in [2.45, 2.75) is 110 Å². The lowest BCUT2D eigenvalue weighted by atomic mass is 10.0. The molecule has 1 amide bonds. The summed E-state index contributed by atoms with van der Waals surface area (Å²) in [6.07, 6.45) is 22.0. The number of thioether (sulfide) groups is 1. The Morgan fingerprint density at radius 1 is 0.724 bits per heavy atom. The molecule has 0 heterocycles. The Balaban J connectivity index is 1.77. The van der Waals surface area contributed by atoms with Crippen LogP contribution >= 0.6 is 23.4 Å². The minimum absolute atomic E-state index is 0.0216. The maximum Gasteiger partial charge on any atom is 0.283 e. The summed E-state index contributed by atoms with van der Waals surface area (Å²) in [6.45, 7) is 2.28. The number of rotatable bonds is 18. The van der Waals surface area contributed by atoms with E-state index < -0.39 is 0 Å². The molecule has 1 rings (SSSR count). The van der Waals surface area contributed by atoms with Gasteiger partial charge in [-0.25, -0.2) is 0 Å². The number of unbranched alkanes of at least 4 members (excludes halogenated alkanes) is 15. The van der Waals surface area contributed by atoms with Gasteiger partial charge < -0.3 is 5.32 Å². The van der Waals surface area contributed by atoms with Crippen LogP contribution in [0.15, 0.2) is 24.3 Å². The highest BCUT2D eigenvalue weighted by molar-refractivity contribution is 8.13. The predicted octanol–water partition coefficient (Wildman–Crippen LogP) is 9.87. The van der Waals surface area contributed by atoms with Crippen molar-refractivity contribution in [3.8, 4) is 0 Å². The van der Waals surface area contributed by atoms with E-state index in [-0.39, 0.29) is 5.24 Å². The van der Waals surface area contributed by atoms with Crippen molar-refractivity contribution in [1.29, 1.82) is 0 Å². The molecule has 166 valence electrons. The number of anilines is 1. The SMILES string of the molecule is CCCCCCCCCCCCCCCCCCSC(=O)Nc1ccc(Cl)cc1. The quantitative estimate of drug-likeness (QED) is 0.230. The first-order valence-corrected chi connectivity index (χ1v) is 13.3. The number of hydrogen-bond donors (Lipinski definition) is 1. The fourth-order valence-electron chi connectivity index (χ4n) is 3.50. The van der Waals surface area contributed by atoms with Crippen LogP contribution < -0.4 is 5.32 Å². The molecule has 0 atom stereocenters. The van der Waals surface area contributed by atoms with Gasteiger partial charge in [-0.15, -0.1) is 0 Å². The summed E-state index contributed by atoms with van der Waals surface area (Å²) in [5.74, 6) is 0.901. The van der Waals surface area contributed by atoms with Gasteiger partial charge >= 0.3 is 0 Å². The average Bonchev–Trinajstić information content (AvgIpc) is 2.72. The number of halogens is 1. The molecule has 4 heteroatoms. The van der Waals surface area contributed by atoms with Gasteiger partial charge in [-0.3, -0.25) is 4.79 Å². The fraction of sp³-hybridized carbons (Fsp3) is 0.720. The third-order valence-electron chi connectivity index (χ3n) is 5.32. The number of hydrogen-bond acceptors (Lipinski definition) is 2. The smallest absolute Gasteiger partial charge is 0.283 e. The summed E-state index contributed by atoms with van der Waals surface area (Å²) in [6, 6.07) is 7.24.